The Morgan fingerprint density at radius 3 is 2.74 bits per heavy atom. The summed E-state index contributed by atoms with van der Waals surface area (Å²) in [4.78, 5) is 38.7. The Bertz CT molecular complexity index is 986. The summed E-state index contributed by atoms with van der Waals surface area (Å²) in [6, 6.07) is 5.04. The third-order valence-corrected chi connectivity index (χ3v) is 6.33. The van der Waals surface area contributed by atoms with Crippen LogP contribution in [0.4, 0.5) is 10.7 Å². The molecule has 0 saturated heterocycles. The summed E-state index contributed by atoms with van der Waals surface area (Å²) in [5.41, 5.74) is 8.71. The van der Waals surface area contributed by atoms with Crippen LogP contribution in [0.25, 0.3) is 0 Å². The number of anilines is 2. The molecule has 1 aliphatic rings. The molecule has 0 radical (unpaired) electrons. The average molecular weight is 446 g/mol. The Labute approximate surface area is 185 Å². The van der Waals surface area contributed by atoms with Crippen LogP contribution in [0.5, 0.6) is 0 Å². The summed E-state index contributed by atoms with van der Waals surface area (Å²) in [6.07, 6.45) is 3.75. The van der Waals surface area contributed by atoms with Crippen molar-refractivity contribution in [3.63, 3.8) is 0 Å². The number of carbonyl (C=O) groups excluding carboxylic acids is 3. The molecule has 31 heavy (non-hydrogen) atoms. The number of fused-ring (bicyclic) bond motifs is 1. The van der Waals surface area contributed by atoms with Crippen LogP contribution in [0.15, 0.2) is 18.2 Å². The first-order valence-corrected chi connectivity index (χ1v) is 11.0. The van der Waals surface area contributed by atoms with E-state index < -0.39 is 18.5 Å². The summed E-state index contributed by atoms with van der Waals surface area (Å²) in [6.45, 7) is 2.09. The van der Waals surface area contributed by atoms with Gasteiger partial charge in [-0.3, -0.25) is 9.59 Å². The van der Waals surface area contributed by atoms with Gasteiger partial charge in [-0.05, 0) is 49.8 Å². The zero-order valence-electron chi connectivity index (χ0n) is 17.7. The second-order valence-electron chi connectivity index (χ2n) is 7.32. The van der Waals surface area contributed by atoms with E-state index in [4.69, 9.17) is 15.2 Å². The molecule has 166 valence electrons. The number of nitrogens with two attached hydrogens (primary N) is 1. The van der Waals surface area contributed by atoms with E-state index in [9.17, 15) is 14.4 Å². The number of amides is 2. The topological polar surface area (TPSA) is 120 Å². The molecule has 4 N–H and O–H groups in total. The number of nitrogen functional groups attached to an aromatic ring is 1. The van der Waals surface area contributed by atoms with E-state index in [2.05, 4.69) is 10.6 Å². The maximum absolute atomic E-state index is 12.8. The molecule has 0 atom stereocenters. The van der Waals surface area contributed by atoms with Crippen molar-refractivity contribution in [3.8, 4) is 0 Å². The zero-order chi connectivity index (χ0) is 22.4. The lowest BCUT2D eigenvalue weighted by atomic mass is 9.95. The number of hydrogen-bond acceptors (Lipinski definition) is 7. The van der Waals surface area contributed by atoms with Crippen LogP contribution in [0, 0.1) is 6.92 Å². The molecule has 2 amide bonds. The quantitative estimate of drug-likeness (QED) is 0.326. The van der Waals surface area contributed by atoms with Crippen molar-refractivity contribution in [2.45, 2.75) is 32.6 Å². The number of ether oxygens (including phenoxy) is 2. The standard InChI is InChI=1S/C22H27N3O5S/c1-13-6-5-8-15(19(13)23)22(28)30-12-17(26)25-21-18(20(27)24-10-11-29-2)14-7-3-4-9-16(14)31-21/h5-6,8H,3-4,7,9-12,23H2,1-2H3,(H,24,27)(H,25,26). The summed E-state index contributed by atoms with van der Waals surface area (Å²) >= 11 is 1.41. The lowest BCUT2D eigenvalue weighted by molar-refractivity contribution is -0.119. The zero-order valence-corrected chi connectivity index (χ0v) is 18.5. The molecule has 0 aliphatic heterocycles. The Kier molecular flexibility index (Phi) is 7.64. The van der Waals surface area contributed by atoms with Gasteiger partial charge in [0.05, 0.1) is 17.7 Å². The Balaban J connectivity index is 1.69. The third-order valence-electron chi connectivity index (χ3n) is 5.12. The predicted octanol–water partition coefficient (Wildman–Crippen LogP) is 2.69. The monoisotopic (exact) mass is 445 g/mol. The fourth-order valence-electron chi connectivity index (χ4n) is 3.48. The number of hydrogen-bond donors (Lipinski definition) is 3. The fraction of sp³-hybridized carbons (Fsp3) is 0.409. The molecular formula is C22H27N3O5S. The first-order chi connectivity index (χ1) is 14.9. The van der Waals surface area contributed by atoms with Crippen LogP contribution in [-0.2, 0) is 27.1 Å². The molecule has 0 unspecified atom stereocenters. The van der Waals surface area contributed by atoms with E-state index in [1.165, 1.54) is 11.3 Å². The summed E-state index contributed by atoms with van der Waals surface area (Å²) < 4.78 is 10.1. The largest absolute Gasteiger partial charge is 0.452 e. The van der Waals surface area contributed by atoms with Gasteiger partial charge in [0.15, 0.2) is 6.61 Å². The maximum atomic E-state index is 12.8. The number of methoxy groups -OCH3 is 1. The normalized spacial score (nSPS) is 12.7. The lowest BCUT2D eigenvalue weighted by Gasteiger charge is -2.13. The van der Waals surface area contributed by atoms with Crippen molar-refractivity contribution in [2.24, 2.45) is 0 Å². The van der Waals surface area contributed by atoms with Gasteiger partial charge in [0.2, 0.25) is 0 Å². The Morgan fingerprint density at radius 1 is 1.19 bits per heavy atom. The van der Waals surface area contributed by atoms with Gasteiger partial charge >= 0.3 is 5.97 Å². The van der Waals surface area contributed by atoms with Crippen molar-refractivity contribution in [1.29, 1.82) is 0 Å². The van der Waals surface area contributed by atoms with Gasteiger partial charge in [0, 0.05) is 24.2 Å². The second kappa shape index (κ2) is 10.4. The van der Waals surface area contributed by atoms with Gasteiger partial charge < -0.3 is 25.8 Å². The molecule has 1 aromatic carbocycles. The number of para-hydroxylation sites is 1. The smallest absolute Gasteiger partial charge is 0.340 e. The van der Waals surface area contributed by atoms with Gasteiger partial charge in [-0.2, -0.15) is 0 Å². The number of carbonyl (C=O) groups is 3. The van der Waals surface area contributed by atoms with E-state index in [1.54, 1.807) is 32.2 Å². The number of esters is 1. The van der Waals surface area contributed by atoms with Crippen LogP contribution < -0.4 is 16.4 Å². The number of thiophene rings is 1. The molecule has 0 fully saturated rings. The van der Waals surface area contributed by atoms with Crippen LogP contribution in [0.1, 0.15) is 49.6 Å². The second-order valence-corrected chi connectivity index (χ2v) is 8.43. The molecule has 3 rings (SSSR count). The molecule has 1 aliphatic carbocycles. The van der Waals surface area contributed by atoms with E-state index in [-0.39, 0.29) is 11.5 Å². The van der Waals surface area contributed by atoms with Crippen molar-refractivity contribution in [1.82, 2.24) is 5.32 Å². The summed E-state index contributed by atoms with van der Waals surface area (Å²) in [5, 5.41) is 6.06. The van der Waals surface area contributed by atoms with Crippen LogP contribution in [0.2, 0.25) is 0 Å². The first-order valence-electron chi connectivity index (χ1n) is 10.2. The van der Waals surface area contributed by atoms with Crippen LogP contribution in [0.3, 0.4) is 0 Å². The van der Waals surface area contributed by atoms with E-state index >= 15 is 0 Å². The average Bonchev–Trinajstić information content (AvgIpc) is 3.11. The number of benzene rings is 1. The minimum absolute atomic E-state index is 0.220. The minimum atomic E-state index is -0.667. The highest BCUT2D eigenvalue weighted by Gasteiger charge is 2.26. The van der Waals surface area contributed by atoms with Crippen molar-refractivity contribution >= 4 is 39.8 Å². The fourth-order valence-corrected chi connectivity index (χ4v) is 4.78. The van der Waals surface area contributed by atoms with Crippen molar-refractivity contribution < 1.29 is 23.9 Å². The highest BCUT2D eigenvalue weighted by atomic mass is 32.1. The third kappa shape index (κ3) is 5.42. The number of aryl methyl sites for hydroxylation is 2. The van der Waals surface area contributed by atoms with Gasteiger partial charge in [0.25, 0.3) is 11.8 Å². The summed E-state index contributed by atoms with van der Waals surface area (Å²) in [7, 11) is 1.57. The predicted molar refractivity (Wildman–Crippen MR) is 120 cm³/mol. The van der Waals surface area contributed by atoms with Crippen LogP contribution >= 0.6 is 11.3 Å². The first kappa shape index (κ1) is 22.8. The van der Waals surface area contributed by atoms with Crippen LogP contribution in [-0.4, -0.2) is 44.7 Å². The van der Waals surface area contributed by atoms with Crippen molar-refractivity contribution in [3.05, 3.63) is 45.3 Å². The van der Waals surface area contributed by atoms with E-state index in [0.717, 1.165) is 41.7 Å². The minimum Gasteiger partial charge on any atom is -0.452 e. The van der Waals surface area contributed by atoms with E-state index in [1.807, 2.05) is 0 Å². The molecule has 1 heterocycles. The van der Waals surface area contributed by atoms with Crippen molar-refractivity contribution in [2.75, 3.05) is 37.9 Å². The molecule has 8 nitrogen and oxygen atoms in total. The van der Waals surface area contributed by atoms with Gasteiger partial charge in [-0.1, -0.05) is 12.1 Å². The number of nitrogens with one attached hydrogen (secondary N) is 2. The van der Waals surface area contributed by atoms with E-state index in [0.29, 0.717) is 29.4 Å². The SMILES string of the molecule is COCCNC(=O)c1c(NC(=O)COC(=O)c2cccc(C)c2N)sc2c1CCCC2. The molecule has 0 saturated carbocycles. The lowest BCUT2D eigenvalue weighted by Crippen LogP contribution is -2.29. The Hall–Kier alpha value is -2.91. The Morgan fingerprint density at radius 2 is 1.97 bits per heavy atom. The highest BCUT2D eigenvalue weighted by molar-refractivity contribution is 7.17. The molecule has 0 bridgehead atoms. The summed E-state index contributed by atoms with van der Waals surface area (Å²) in [5.74, 6) is -1.42. The van der Waals surface area contributed by atoms with Gasteiger partial charge in [-0.15, -0.1) is 11.3 Å². The molecule has 2 aromatic rings. The van der Waals surface area contributed by atoms with Gasteiger partial charge in [-0.25, -0.2) is 4.79 Å². The highest BCUT2D eigenvalue weighted by Crippen LogP contribution is 2.38. The molecule has 1 aromatic heterocycles. The molecule has 0 spiro atoms. The molecule has 9 heteroatoms. The molecular weight excluding hydrogens is 418 g/mol. The maximum Gasteiger partial charge on any atom is 0.340 e. The van der Waals surface area contributed by atoms with Gasteiger partial charge in [0.1, 0.15) is 5.00 Å². The number of rotatable bonds is 8.